The van der Waals surface area contributed by atoms with Gasteiger partial charge < -0.3 is 30.0 Å². The molecule has 3 aliphatic heterocycles. The summed E-state index contributed by atoms with van der Waals surface area (Å²) in [5.74, 6) is -3.26. The first kappa shape index (κ1) is 42.6. The van der Waals surface area contributed by atoms with Gasteiger partial charge in [0.15, 0.2) is 5.60 Å². The van der Waals surface area contributed by atoms with Gasteiger partial charge >= 0.3 is 12.1 Å². The second-order valence-electron chi connectivity index (χ2n) is 16.2. The number of methoxy groups -OCH3 is 1. The number of ketones is 1. The lowest BCUT2D eigenvalue weighted by atomic mass is 9.62. The van der Waals surface area contributed by atoms with Crippen molar-refractivity contribution in [2.24, 2.45) is 17.8 Å². The Bertz CT molecular complexity index is 1610. The maximum Gasteiger partial charge on any atom is 0.410 e. The van der Waals surface area contributed by atoms with E-state index in [-0.39, 0.29) is 17.7 Å². The number of benzene rings is 1. The highest BCUT2D eigenvalue weighted by Gasteiger charge is 2.59. The summed E-state index contributed by atoms with van der Waals surface area (Å²) in [4.78, 5) is 45.8. The van der Waals surface area contributed by atoms with Crippen molar-refractivity contribution in [1.82, 2.24) is 30.1 Å². The van der Waals surface area contributed by atoms with Gasteiger partial charge in [-0.2, -0.15) is 0 Å². The maximum atomic E-state index is 14.0. The van der Waals surface area contributed by atoms with Crippen LogP contribution in [0.2, 0.25) is 5.82 Å². The first-order valence-electron chi connectivity index (χ1n) is 20.0. The zero-order chi connectivity index (χ0) is 39.9. The number of amides is 1. The number of carbonyl (C=O) groups excluding carboxylic acids is 3. The molecule has 14 nitrogen and oxygen atoms in total. The zero-order valence-corrected chi connectivity index (χ0v) is 33.9. The molecule has 15 heteroatoms. The lowest BCUT2D eigenvalue weighted by molar-refractivity contribution is -0.170. The number of Topliss-reactive ketones (excluding diaryl/α,β-unsaturated/α-hetero) is 1. The van der Waals surface area contributed by atoms with E-state index in [2.05, 4.69) is 27.5 Å². The van der Waals surface area contributed by atoms with Crippen molar-refractivity contribution in [3.8, 4) is 11.3 Å². The van der Waals surface area contributed by atoms with Gasteiger partial charge in [-0.05, 0) is 89.8 Å². The summed E-state index contributed by atoms with van der Waals surface area (Å²) < 4.78 is 26.0. The highest BCUT2D eigenvalue weighted by atomic mass is 16.6. The number of rotatable bonds is 11. The third kappa shape index (κ3) is 9.90. The fourth-order valence-corrected chi connectivity index (χ4v) is 8.68. The lowest BCUT2D eigenvalue weighted by Gasteiger charge is -2.42. The van der Waals surface area contributed by atoms with Crippen LogP contribution in [0.4, 0.5) is 10.5 Å². The molecule has 0 aliphatic carbocycles. The topological polar surface area (TPSA) is 163 Å². The summed E-state index contributed by atoms with van der Waals surface area (Å²) >= 11 is 0. The van der Waals surface area contributed by atoms with Crippen molar-refractivity contribution in [3.05, 3.63) is 30.5 Å². The minimum absolute atomic E-state index is 0.0872. The largest absolute Gasteiger partial charge is 0.458 e. The van der Waals surface area contributed by atoms with E-state index in [1.165, 1.54) is 0 Å². The molecular weight excluding hydrogens is 701 g/mol. The van der Waals surface area contributed by atoms with E-state index in [4.69, 9.17) is 32.5 Å². The molecule has 9 atom stereocenters. The Morgan fingerprint density at radius 1 is 1.07 bits per heavy atom. The van der Waals surface area contributed by atoms with E-state index in [1.54, 1.807) is 25.6 Å². The second-order valence-corrected chi connectivity index (χ2v) is 16.2. The number of nitrogens with two attached hydrogens (primary N) is 1. The number of ether oxygens (including phenoxy) is 4. The average Bonchev–Trinajstić information content (AvgIpc) is 3.75. The Balaban J connectivity index is 1.43. The number of unbranched alkanes of at least 4 members (excludes halogenated alkanes) is 1. The molecule has 1 aromatic heterocycles. The van der Waals surface area contributed by atoms with Gasteiger partial charge in [-0.15, -0.1) is 5.10 Å². The second kappa shape index (κ2) is 18.6. The van der Waals surface area contributed by atoms with Gasteiger partial charge in [-0.1, -0.05) is 38.1 Å². The lowest BCUT2D eigenvalue weighted by Crippen LogP contribution is -2.62. The molecule has 2 radical (unpaired) electrons. The minimum atomic E-state index is -1.21. The number of morpholine rings is 1. The highest BCUT2D eigenvalue weighted by Crippen LogP contribution is 2.41. The number of hydrogen-bond acceptors (Lipinski definition) is 12. The van der Waals surface area contributed by atoms with E-state index in [1.807, 2.05) is 56.1 Å². The molecule has 4 heterocycles. The van der Waals surface area contributed by atoms with E-state index < -0.39 is 53.1 Å². The van der Waals surface area contributed by atoms with Gasteiger partial charge in [0.2, 0.25) is 0 Å². The van der Waals surface area contributed by atoms with Crippen LogP contribution in [0.3, 0.4) is 0 Å². The number of aryl methyl sites for hydroxylation is 1. The summed E-state index contributed by atoms with van der Waals surface area (Å²) in [7, 11) is 8.38. The third-order valence-electron chi connectivity index (χ3n) is 12.2. The first-order valence-corrected chi connectivity index (χ1v) is 20.0. The van der Waals surface area contributed by atoms with E-state index in [0.29, 0.717) is 64.2 Å². The van der Waals surface area contributed by atoms with Crippen molar-refractivity contribution in [3.63, 3.8) is 0 Å². The van der Waals surface area contributed by atoms with Crippen molar-refractivity contribution < 1.29 is 33.3 Å². The monoisotopic (exact) mass is 763 g/mol. The number of cyclic esters (lactones) is 1. The summed E-state index contributed by atoms with van der Waals surface area (Å²) in [6.07, 6.45) is 3.71. The number of aromatic nitrogens is 3. The maximum absolute atomic E-state index is 14.0. The van der Waals surface area contributed by atoms with Gasteiger partial charge in [0.25, 0.3) is 0 Å². The number of nitrogen functional groups attached to an aromatic ring is 1. The summed E-state index contributed by atoms with van der Waals surface area (Å²) in [6.45, 7) is 16.6. The van der Waals surface area contributed by atoms with Crippen LogP contribution in [-0.4, -0.2) is 133 Å². The van der Waals surface area contributed by atoms with Gasteiger partial charge in [0.05, 0.1) is 38.9 Å². The van der Waals surface area contributed by atoms with Crippen LogP contribution < -0.4 is 11.1 Å². The minimum Gasteiger partial charge on any atom is -0.458 e. The Labute approximate surface area is 327 Å². The Morgan fingerprint density at radius 3 is 2.49 bits per heavy atom. The van der Waals surface area contributed by atoms with E-state index in [9.17, 15) is 14.4 Å². The van der Waals surface area contributed by atoms with Crippen molar-refractivity contribution in [1.29, 1.82) is 0 Å². The van der Waals surface area contributed by atoms with Crippen LogP contribution in [-0.2, 0) is 35.1 Å². The molecule has 2 aromatic rings. The summed E-state index contributed by atoms with van der Waals surface area (Å²) in [5.41, 5.74) is 6.23. The van der Waals surface area contributed by atoms with E-state index >= 15 is 0 Å². The average molecular weight is 764 g/mol. The highest BCUT2D eigenvalue weighted by molar-refractivity contribution is 6.15. The van der Waals surface area contributed by atoms with Gasteiger partial charge in [0, 0.05) is 56.5 Å². The van der Waals surface area contributed by atoms with Crippen LogP contribution in [0.1, 0.15) is 73.6 Å². The molecule has 1 amide bonds. The van der Waals surface area contributed by atoms with Gasteiger partial charge in [-0.25, -0.2) is 4.79 Å². The smallest absolute Gasteiger partial charge is 0.410 e. The molecule has 3 fully saturated rings. The number of hydrogen-bond donors (Lipinski definition) is 2. The first-order chi connectivity index (χ1) is 26.2. The Morgan fingerprint density at radius 2 is 1.80 bits per heavy atom. The van der Waals surface area contributed by atoms with Gasteiger partial charge in [-0.3, -0.25) is 24.1 Å². The fourth-order valence-electron chi connectivity index (χ4n) is 8.68. The van der Waals surface area contributed by atoms with Crippen molar-refractivity contribution in [2.45, 2.75) is 115 Å². The van der Waals surface area contributed by atoms with Crippen LogP contribution in [0.5, 0.6) is 0 Å². The molecule has 3 aliphatic rings. The number of fused-ring (bicyclic) bond motifs is 1. The van der Waals surface area contributed by atoms with Crippen molar-refractivity contribution >= 4 is 31.4 Å². The summed E-state index contributed by atoms with van der Waals surface area (Å²) in [5, 5.41) is 12.5. The van der Waals surface area contributed by atoms with Crippen LogP contribution in [0, 0.1) is 17.8 Å². The molecule has 1 aromatic carbocycles. The third-order valence-corrected chi connectivity index (χ3v) is 12.2. The number of anilines is 1. The molecule has 0 bridgehead atoms. The number of nitrogens with one attached hydrogen (secondary N) is 1. The number of carbonyl (C=O) groups is 3. The molecule has 0 saturated carbocycles. The van der Waals surface area contributed by atoms with Crippen LogP contribution in [0.15, 0.2) is 30.5 Å². The van der Waals surface area contributed by atoms with Crippen LogP contribution >= 0.6 is 0 Å². The zero-order valence-electron chi connectivity index (χ0n) is 33.9. The molecule has 3 saturated heterocycles. The quantitative estimate of drug-likeness (QED) is 0.111. The van der Waals surface area contributed by atoms with Crippen molar-refractivity contribution in [2.75, 3.05) is 58.8 Å². The predicted octanol–water partition coefficient (Wildman–Crippen LogP) is 4.13. The SMILES string of the molecule is [B][C@@H]1[C@@H](C)C(=O)[C@@H](C)C(=O)O[C@H](CC)[C@@]2(C)OC(=O)N(CCCCn3cc(-c4cccc(N)c4)nn3)[C@@H]2[C@@H](CCN2CCOCC2)NC[C@H](C)C[C@@]1(C)OC. The van der Waals surface area contributed by atoms with Gasteiger partial charge in [0.1, 0.15) is 23.5 Å². The Hall–Kier alpha value is -3.53. The fraction of sp³-hybridized carbons (Fsp3) is 0.725. The molecule has 302 valence electrons. The van der Waals surface area contributed by atoms with E-state index in [0.717, 1.165) is 37.3 Å². The number of nitrogens with zero attached hydrogens (tertiary/aromatic N) is 5. The standard InChI is InChI=1S/C40H62BN7O7/c1-8-33-40(6)36(48(38(51)55-40)16-10-9-15-47-25-32(44-45-47)29-12-11-13-30(42)22-29)31(14-17-46-18-20-53-21-19-46)43-24-26(2)23-39(5,52-7)35(41)27(3)34(49)28(4)37(50)54-33/h11-13,22,25-28,31,33,35-36,43H,8-10,14-21,23-24,42H2,1-7H3/t26-,27+,28-,31-,33-,35-,36-,39-,40-/m1/s1. The number of esters is 1. The normalized spacial score (nSPS) is 33.0. The predicted molar refractivity (Wildman–Crippen MR) is 210 cm³/mol. The molecule has 3 N–H and O–H groups in total. The summed E-state index contributed by atoms with van der Waals surface area (Å²) in [6, 6.07) is 6.82. The molecule has 0 spiro atoms. The molecule has 55 heavy (non-hydrogen) atoms. The molecule has 5 rings (SSSR count). The van der Waals surface area contributed by atoms with Crippen LogP contribution in [0.25, 0.3) is 11.3 Å². The Kier molecular flexibility index (Phi) is 14.4. The molecular formula is C40H62BN7O7. The molecule has 0 unspecified atom stereocenters.